The van der Waals surface area contributed by atoms with E-state index in [1.807, 2.05) is 13.8 Å². The van der Waals surface area contributed by atoms with Crippen molar-refractivity contribution in [3.63, 3.8) is 0 Å². The number of fused-ring (bicyclic) bond motifs is 1. The Morgan fingerprint density at radius 1 is 0.922 bits per heavy atom. The summed E-state index contributed by atoms with van der Waals surface area (Å²) >= 11 is 0. The van der Waals surface area contributed by atoms with Gasteiger partial charge in [0.15, 0.2) is 30.6 Å². The van der Waals surface area contributed by atoms with Crippen molar-refractivity contribution in [1.82, 2.24) is 0 Å². The first-order valence-electron chi connectivity index (χ1n) is 20.4. The van der Waals surface area contributed by atoms with Crippen LogP contribution < -0.4 is 0 Å². The fourth-order valence-electron chi connectivity index (χ4n) is 8.74. The van der Waals surface area contributed by atoms with Gasteiger partial charge in [-0.25, -0.2) is 4.79 Å². The molecule has 3 rings (SSSR count). The Labute approximate surface area is 318 Å². The first kappa shape index (κ1) is 44.6. The Kier molecular flexibility index (Phi) is 14.1. The molecule has 0 aromatic carbocycles. The van der Waals surface area contributed by atoms with E-state index in [0.717, 1.165) is 24.8 Å². The number of rotatable bonds is 13. The molecular formula is C43H80O5Si3. The summed E-state index contributed by atoms with van der Waals surface area (Å²) in [6.45, 7) is 44.0. The molecule has 0 saturated heterocycles. The maximum Gasteiger partial charge on any atom is 0.337 e. The molecule has 0 heterocycles. The molecule has 0 aromatic rings. The van der Waals surface area contributed by atoms with Gasteiger partial charge < -0.3 is 18.0 Å². The topological polar surface area (TPSA) is 54.0 Å². The summed E-state index contributed by atoms with van der Waals surface area (Å²) in [5.74, 6) is 1.22. The highest BCUT2D eigenvalue weighted by atomic mass is 28.4. The summed E-state index contributed by atoms with van der Waals surface area (Å²) in [4.78, 5) is 13.5. The van der Waals surface area contributed by atoms with Crippen LogP contribution in [0.4, 0.5) is 0 Å². The Balaban J connectivity index is 1.85. The van der Waals surface area contributed by atoms with Crippen LogP contribution in [0, 0.1) is 23.2 Å². The Bertz CT molecular complexity index is 1290. The molecule has 0 aromatic heterocycles. The molecule has 0 N–H and O–H groups in total. The summed E-state index contributed by atoms with van der Waals surface area (Å²) in [5.41, 5.74) is 3.43. The van der Waals surface area contributed by atoms with Crippen LogP contribution in [-0.2, 0) is 22.8 Å². The summed E-state index contributed by atoms with van der Waals surface area (Å²) in [6, 6.07) is 0. The quantitative estimate of drug-likeness (QED) is 0.138. The third-order valence-corrected chi connectivity index (χ3v) is 24.0. The SMILES string of the molecule is C=C1C(=CC=C2CCC[C@@]3(C)C2CC[C@@H]3[C@H](C)COC(=O)C(CC)(CC)O[Si](C)(C)C)C[C@@H](O[Si](C)(C)C(C)(C)C)C[C@@H]1O[Si](C)(C)C(C)(C)C. The minimum Gasteiger partial charge on any atom is -0.463 e. The zero-order valence-corrected chi connectivity index (χ0v) is 39.4. The third kappa shape index (κ3) is 10.3. The Hall–Kier alpha value is -0.779. The number of carbonyl (C=O) groups excluding carboxylic acids is 1. The molecule has 0 aliphatic heterocycles. The molecule has 294 valence electrons. The van der Waals surface area contributed by atoms with E-state index in [9.17, 15) is 4.79 Å². The summed E-state index contributed by atoms with van der Waals surface area (Å²) < 4.78 is 26.8. The molecule has 5 nitrogen and oxygen atoms in total. The number of hydrogen-bond donors (Lipinski definition) is 0. The number of ether oxygens (including phenoxy) is 1. The van der Waals surface area contributed by atoms with E-state index >= 15 is 0 Å². The van der Waals surface area contributed by atoms with Gasteiger partial charge >= 0.3 is 5.97 Å². The fourth-order valence-corrected chi connectivity index (χ4v) is 13.0. The van der Waals surface area contributed by atoms with E-state index in [2.05, 4.69) is 113 Å². The van der Waals surface area contributed by atoms with Gasteiger partial charge in [-0.2, -0.15) is 0 Å². The van der Waals surface area contributed by atoms with Crippen LogP contribution in [0.1, 0.15) is 127 Å². The minimum absolute atomic E-state index is 0.00889. The molecule has 0 radical (unpaired) electrons. The molecular weight excluding hydrogens is 681 g/mol. The summed E-state index contributed by atoms with van der Waals surface area (Å²) in [7, 11) is -5.90. The van der Waals surface area contributed by atoms with Crippen LogP contribution in [-0.4, -0.2) is 55.3 Å². The maximum atomic E-state index is 13.5. The van der Waals surface area contributed by atoms with Crippen LogP contribution in [0.2, 0.25) is 55.9 Å². The molecule has 3 fully saturated rings. The molecule has 0 amide bonds. The van der Waals surface area contributed by atoms with Gasteiger partial charge in [-0.1, -0.05) is 93.5 Å². The highest BCUT2D eigenvalue weighted by Gasteiger charge is 2.51. The molecule has 0 bridgehead atoms. The lowest BCUT2D eigenvalue weighted by Crippen LogP contribution is -2.49. The molecule has 3 saturated carbocycles. The molecule has 8 heteroatoms. The predicted molar refractivity (Wildman–Crippen MR) is 225 cm³/mol. The highest BCUT2D eigenvalue weighted by molar-refractivity contribution is 6.74. The standard InChI is InChI=1S/C43H80O5Si3/c1-19-43(20-2,48-49(12,13)14)39(44)45-30-31(3)36-25-26-37-33(22-21-27-42(36,37)11)23-24-34-28-35(46-50(15,16)40(5,6)7)29-38(32(34)4)47-51(17,18)41(8,9)10/h23-24,31,35-38H,4,19-22,25-30H2,1-3,5-18H3/t31-,35-,36-,37?,38+,42-/m1/s1. The predicted octanol–water partition coefficient (Wildman–Crippen LogP) is 12.8. The third-order valence-electron chi connectivity index (χ3n) is 14.0. The largest absolute Gasteiger partial charge is 0.463 e. The summed E-state index contributed by atoms with van der Waals surface area (Å²) in [6.07, 6.45) is 14.1. The Morgan fingerprint density at radius 2 is 1.49 bits per heavy atom. The van der Waals surface area contributed by atoms with Crippen LogP contribution in [0.5, 0.6) is 0 Å². The smallest absolute Gasteiger partial charge is 0.337 e. The van der Waals surface area contributed by atoms with Crippen molar-refractivity contribution < 1.29 is 22.8 Å². The van der Waals surface area contributed by atoms with Crippen molar-refractivity contribution in [2.45, 2.75) is 201 Å². The number of esters is 1. The lowest BCUT2D eigenvalue weighted by atomic mass is 9.61. The second-order valence-corrected chi connectivity index (χ2v) is 34.8. The van der Waals surface area contributed by atoms with Gasteiger partial charge in [0.25, 0.3) is 0 Å². The summed E-state index contributed by atoms with van der Waals surface area (Å²) in [5, 5.41) is 0.283. The molecule has 3 aliphatic rings. The molecule has 6 atom stereocenters. The normalized spacial score (nSPS) is 29.4. The zero-order valence-electron chi connectivity index (χ0n) is 36.4. The second-order valence-electron chi connectivity index (χ2n) is 20.9. The van der Waals surface area contributed by atoms with Gasteiger partial charge in [0.2, 0.25) is 0 Å². The fraction of sp³-hybridized carbons (Fsp3) is 0.837. The maximum absolute atomic E-state index is 13.5. The van der Waals surface area contributed by atoms with Crippen LogP contribution in [0.3, 0.4) is 0 Å². The number of carbonyl (C=O) groups is 1. The van der Waals surface area contributed by atoms with Crippen molar-refractivity contribution in [2.75, 3.05) is 6.61 Å². The van der Waals surface area contributed by atoms with E-state index in [4.69, 9.17) is 24.6 Å². The lowest BCUT2D eigenvalue weighted by molar-refractivity contribution is -0.166. The first-order chi connectivity index (χ1) is 23.1. The average molecular weight is 761 g/mol. The van der Waals surface area contributed by atoms with Crippen molar-refractivity contribution in [3.8, 4) is 0 Å². The van der Waals surface area contributed by atoms with E-state index in [0.29, 0.717) is 37.2 Å². The highest BCUT2D eigenvalue weighted by Crippen LogP contribution is 2.59. The van der Waals surface area contributed by atoms with Crippen molar-refractivity contribution in [2.24, 2.45) is 23.2 Å². The van der Waals surface area contributed by atoms with Gasteiger partial charge in [-0.3, -0.25) is 0 Å². The van der Waals surface area contributed by atoms with Crippen molar-refractivity contribution in [3.05, 3.63) is 35.5 Å². The molecule has 51 heavy (non-hydrogen) atoms. The second kappa shape index (κ2) is 16.1. The number of allylic oxidation sites excluding steroid dienone is 3. The van der Waals surface area contributed by atoms with Crippen molar-refractivity contribution >= 4 is 30.9 Å². The van der Waals surface area contributed by atoms with Gasteiger partial charge in [-0.05, 0) is 142 Å². The van der Waals surface area contributed by atoms with Gasteiger partial charge in [-0.15, -0.1) is 0 Å². The lowest BCUT2D eigenvalue weighted by Gasteiger charge is -2.46. The van der Waals surface area contributed by atoms with E-state index in [-0.39, 0.29) is 33.7 Å². The molecule has 3 aliphatic carbocycles. The average Bonchev–Trinajstić information content (AvgIpc) is 3.35. The van der Waals surface area contributed by atoms with Gasteiger partial charge in [0, 0.05) is 6.42 Å². The van der Waals surface area contributed by atoms with Crippen molar-refractivity contribution in [1.29, 1.82) is 0 Å². The zero-order chi connectivity index (χ0) is 39.0. The van der Waals surface area contributed by atoms with Crippen LogP contribution >= 0.6 is 0 Å². The molecule has 1 unspecified atom stereocenters. The van der Waals surface area contributed by atoms with E-state index < -0.39 is 30.6 Å². The molecule has 0 spiro atoms. The van der Waals surface area contributed by atoms with E-state index in [1.54, 1.807) is 5.57 Å². The van der Waals surface area contributed by atoms with Crippen LogP contribution in [0.15, 0.2) is 35.5 Å². The minimum atomic E-state index is -2.01. The first-order valence-corrected chi connectivity index (χ1v) is 29.7. The Morgan fingerprint density at radius 3 is 2.02 bits per heavy atom. The van der Waals surface area contributed by atoms with Gasteiger partial charge in [0.1, 0.15) is 0 Å². The number of hydrogen-bond acceptors (Lipinski definition) is 5. The van der Waals surface area contributed by atoms with E-state index in [1.165, 1.54) is 31.3 Å². The van der Waals surface area contributed by atoms with Gasteiger partial charge in [0.05, 0.1) is 18.8 Å². The van der Waals surface area contributed by atoms with Crippen LogP contribution in [0.25, 0.3) is 0 Å². The monoisotopic (exact) mass is 761 g/mol.